The van der Waals surface area contributed by atoms with E-state index >= 15 is 0 Å². The number of aliphatic hydroxyl groups is 1. The van der Waals surface area contributed by atoms with Crippen molar-refractivity contribution in [3.63, 3.8) is 0 Å². The van der Waals surface area contributed by atoms with Crippen molar-refractivity contribution in [2.45, 2.75) is 31.4 Å². The number of allylic oxidation sites excluding steroid dienone is 2. The summed E-state index contributed by atoms with van der Waals surface area (Å²) in [6, 6.07) is -0.0457. The van der Waals surface area contributed by atoms with Crippen molar-refractivity contribution in [1.29, 1.82) is 0 Å². The molecule has 2 fully saturated rings. The normalized spacial score (nSPS) is 51.3. The van der Waals surface area contributed by atoms with Gasteiger partial charge in [0.05, 0.1) is 12.1 Å². The lowest BCUT2D eigenvalue weighted by atomic mass is 9.91. The molecule has 0 heterocycles. The smallest absolute Gasteiger partial charge is 0.224 e. The summed E-state index contributed by atoms with van der Waals surface area (Å²) in [5.41, 5.74) is 0. The molecule has 4 rings (SSSR count). The van der Waals surface area contributed by atoms with Gasteiger partial charge in [0.2, 0.25) is 5.91 Å². The molecule has 4 aliphatic rings. The Morgan fingerprint density at radius 2 is 1.78 bits per heavy atom. The van der Waals surface area contributed by atoms with Gasteiger partial charge in [-0.15, -0.1) is 0 Å². The van der Waals surface area contributed by atoms with Crippen molar-refractivity contribution < 1.29 is 9.90 Å². The van der Waals surface area contributed by atoms with E-state index in [1.165, 1.54) is 0 Å². The minimum Gasteiger partial charge on any atom is -0.390 e. The van der Waals surface area contributed by atoms with Crippen LogP contribution in [0.2, 0.25) is 0 Å². The summed E-state index contributed by atoms with van der Waals surface area (Å²) in [6.07, 6.45) is 11.5. The molecule has 0 aromatic carbocycles. The van der Waals surface area contributed by atoms with E-state index in [1.807, 2.05) is 0 Å². The van der Waals surface area contributed by atoms with E-state index in [-0.39, 0.29) is 29.9 Å². The molecule has 2 N–H and O–H groups in total. The van der Waals surface area contributed by atoms with E-state index in [0.29, 0.717) is 17.8 Å². The van der Waals surface area contributed by atoms with Gasteiger partial charge in [0.25, 0.3) is 0 Å². The number of carbonyl (C=O) groups excluding carboxylic acids is 1. The Hall–Kier alpha value is -1.09. The highest BCUT2D eigenvalue weighted by molar-refractivity contribution is 5.80. The van der Waals surface area contributed by atoms with Crippen molar-refractivity contribution >= 4 is 5.91 Å². The number of hydrogen-bond donors (Lipinski definition) is 2. The Bertz CT molecular complexity index is 442. The average Bonchev–Trinajstić information content (AvgIpc) is 3.10. The first-order valence-corrected chi connectivity index (χ1v) is 7.07. The van der Waals surface area contributed by atoms with Crippen LogP contribution in [0.3, 0.4) is 0 Å². The second kappa shape index (κ2) is 3.70. The third kappa shape index (κ3) is 1.43. The van der Waals surface area contributed by atoms with Crippen LogP contribution in [0.1, 0.15) is 19.3 Å². The van der Waals surface area contributed by atoms with Crippen LogP contribution in [-0.4, -0.2) is 23.2 Å². The van der Waals surface area contributed by atoms with Gasteiger partial charge >= 0.3 is 0 Å². The van der Waals surface area contributed by atoms with Gasteiger partial charge in [0, 0.05) is 17.8 Å². The van der Waals surface area contributed by atoms with Gasteiger partial charge in [-0.25, -0.2) is 0 Å². The van der Waals surface area contributed by atoms with Crippen LogP contribution in [-0.2, 0) is 4.79 Å². The second-order valence-electron chi connectivity index (χ2n) is 6.36. The van der Waals surface area contributed by atoms with Crippen LogP contribution in [0, 0.1) is 29.6 Å². The van der Waals surface area contributed by atoms with Crippen LogP contribution < -0.4 is 5.32 Å². The molecule has 4 aliphatic carbocycles. The van der Waals surface area contributed by atoms with E-state index in [2.05, 4.69) is 29.6 Å². The summed E-state index contributed by atoms with van der Waals surface area (Å²) in [7, 11) is 0. The van der Waals surface area contributed by atoms with Crippen molar-refractivity contribution in [3.8, 4) is 0 Å². The number of nitrogens with one attached hydrogen (secondary N) is 1. The highest BCUT2D eigenvalue weighted by Crippen LogP contribution is 2.44. The zero-order chi connectivity index (χ0) is 12.3. The maximum atomic E-state index is 12.3. The fourth-order valence-electron chi connectivity index (χ4n) is 4.34. The molecule has 18 heavy (non-hydrogen) atoms. The quantitative estimate of drug-likeness (QED) is 0.719. The molecule has 7 atom stereocenters. The number of amides is 1. The van der Waals surface area contributed by atoms with E-state index in [1.54, 1.807) is 0 Å². The summed E-state index contributed by atoms with van der Waals surface area (Å²) >= 11 is 0. The van der Waals surface area contributed by atoms with E-state index in [4.69, 9.17) is 0 Å². The fourth-order valence-corrected chi connectivity index (χ4v) is 4.34. The van der Waals surface area contributed by atoms with Crippen molar-refractivity contribution in [1.82, 2.24) is 5.32 Å². The SMILES string of the molecule is O=C(NC1C2C=CC(C2)C1O)C1CC2C=CC1C2. The minimum atomic E-state index is -0.377. The summed E-state index contributed by atoms with van der Waals surface area (Å²) in [5.74, 6) is 1.99. The van der Waals surface area contributed by atoms with Gasteiger partial charge < -0.3 is 10.4 Å². The molecule has 3 heteroatoms. The van der Waals surface area contributed by atoms with Crippen molar-refractivity contribution in [2.75, 3.05) is 0 Å². The minimum absolute atomic E-state index is 0.0457. The number of hydrogen-bond acceptors (Lipinski definition) is 2. The van der Waals surface area contributed by atoms with Gasteiger partial charge in [-0.3, -0.25) is 4.79 Å². The zero-order valence-electron chi connectivity index (χ0n) is 10.3. The van der Waals surface area contributed by atoms with Crippen LogP contribution in [0.15, 0.2) is 24.3 Å². The molecule has 0 spiro atoms. The number of rotatable bonds is 2. The molecule has 0 aromatic rings. The first kappa shape index (κ1) is 10.8. The Morgan fingerprint density at radius 1 is 1.00 bits per heavy atom. The lowest BCUT2D eigenvalue weighted by Gasteiger charge is -2.27. The molecule has 0 saturated heterocycles. The van der Waals surface area contributed by atoms with E-state index in [0.717, 1.165) is 19.3 Å². The topological polar surface area (TPSA) is 49.3 Å². The van der Waals surface area contributed by atoms with Crippen LogP contribution in [0.5, 0.6) is 0 Å². The highest BCUT2D eigenvalue weighted by Gasteiger charge is 2.46. The summed E-state index contributed by atoms with van der Waals surface area (Å²) in [5, 5.41) is 13.2. The molecule has 2 saturated carbocycles. The third-order valence-electron chi connectivity index (χ3n) is 5.34. The maximum absolute atomic E-state index is 12.3. The molecule has 4 bridgehead atoms. The third-order valence-corrected chi connectivity index (χ3v) is 5.34. The maximum Gasteiger partial charge on any atom is 0.224 e. The summed E-state index contributed by atoms with van der Waals surface area (Å²) < 4.78 is 0. The largest absolute Gasteiger partial charge is 0.390 e. The van der Waals surface area contributed by atoms with Crippen LogP contribution >= 0.6 is 0 Å². The van der Waals surface area contributed by atoms with E-state index < -0.39 is 0 Å². The molecule has 0 aromatic heterocycles. The van der Waals surface area contributed by atoms with Crippen molar-refractivity contribution in [2.24, 2.45) is 29.6 Å². The monoisotopic (exact) mass is 245 g/mol. The Balaban J connectivity index is 1.45. The summed E-state index contributed by atoms with van der Waals surface area (Å²) in [4.78, 5) is 12.3. The number of carbonyl (C=O) groups is 1. The fraction of sp³-hybridized carbons (Fsp3) is 0.667. The van der Waals surface area contributed by atoms with Gasteiger partial charge in [-0.05, 0) is 31.1 Å². The molecule has 3 nitrogen and oxygen atoms in total. The Kier molecular flexibility index (Phi) is 2.22. The highest BCUT2D eigenvalue weighted by atomic mass is 16.3. The average molecular weight is 245 g/mol. The van der Waals surface area contributed by atoms with E-state index in [9.17, 15) is 9.90 Å². The molecular weight excluding hydrogens is 226 g/mol. The molecule has 0 aliphatic heterocycles. The van der Waals surface area contributed by atoms with Gasteiger partial charge in [-0.1, -0.05) is 24.3 Å². The second-order valence-corrected chi connectivity index (χ2v) is 6.36. The predicted molar refractivity (Wildman–Crippen MR) is 67.5 cm³/mol. The molecule has 7 unspecified atom stereocenters. The predicted octanol–water partition coefficient (Wildman–Crippen LogP) is 1.25. The van der Waals surface area contributed by atoms with Gasteiger partial charge in [0.15, 0.2) is 0 Å². The number of fused-ring (bicyclic) bond motifs is 4. The summed E-state index contributed by atoms with van der Waals surface area (Å²) in [6.45, 7) is 0. The zero-order valence-corrected chi connectivity index (χ0v) is 10.3. The first-order chi connectivity index (χ1) is 8.72. The lowest BCUT2D eigenvalue weighted by Crippen LogP contribution is -2.48. The molecule has 1 amide bonds. The van der Waals surface area contributed by atoms with Gasteiger partial charge in [-0.2, -0.15) is 0 Å². The molecule has 0 radical (unpaired) electrons. The lowest BCUT2D eigenvalue weighted by molar-refractivity contribution is -0.127. The molecule has 96 valence electrons. The van der Waals surface area contributed by atoms with Crippen LogP contribution in [0.4, 0.5) is 0 Å². The van der Waals surface area contributed by atoms with Crippen molar-refractivity contribution in [3.05, 3.63) is 24.3 Å². The Morgan fingerprint density at radius 3 is 2.39 bits per heavy atom. The first-order valence-electron chi connectivity index (χ1n) is 7.07. The standard InChI is InChI=1S/C15H19NO2/c17-14-11-4-3-10(7-11)13(14)16-15(18)12-6-8-1-2-9(12)5-8/h1-4,8-14,17H,5-7H2,(H,16,18). The number of aliphatic hydroxyl groups excluding tert-OH is 1. The molecular formula is C15H19NO2. The van der Waals surface area contributed by atoms with Gasteiger partial charge in [0.1, 0.15) is 0 Å². The Labute approximate surface area is 107 Å². The van der Waals surface area contributed by atoms with Crippen LogP contribution in [0.25, 0.3) is 0 Å².